The number of carboxylic acid groups (broad SMARTS) is 1. The summed E-state index contributed by atoms with van der Waals surface area (Å²) in [5, 5.41) is 11.2. The van der Waals surface area contributed by atoms with Crippen molar-refractivity contribution in [1.82, 2.24) is 5.32 Å². The van der Waals surface area contributed by atoms with Gasteiger partial charge in [-0.3, -0.25) is 0 Å². The maximum absolute atomic E-state index is 12.3. The first-order chi connectivity index (χ1) is 11.3. The van der Waals surface area contributed by atoms with Gasteiger partial charge in [-0.15, -0.1) is 0 Å². The van der Waals surface area contributed by atoms with Crippen LogP contribution in [0, 0.1) is 5.92 Å². The highest BCUT2D eigenvalue weighted by Crippen LogP contribution is 2.27. The Balaban J connectivity index is 2.88. The largest absolute Gasteiger partial charge is 0.465 e. The van der Waals surface area contributed by atoms with Crippen LogP contribution in [0.5, 0.6) is 0 Å². The van der Waals surface area contributed by atoms with E-state index < -0.39 is 24.2 Å². The van der Waals surface area contributed by atoms with Gasteiger partial charge in [0, 0.05) is 0 Å². The number of nitrogens with one attached hydrogen (secondary N) is 1. The SMILES string of the molecule is C=C(C)CO[C@@H]1[C@@H](CCC)CCCC[C@H](NC(=O)O)C(=O)O[C@H]1C. The molecule has 1 aliphatic rings. The second-order valence-corrected chi connectivity index (χ2v) is 6.71. The van der Waals surface area contributed by atoms with Crippen molar-refractivity contribution in [2.75, 3.05) is 6.61 Å². The third-order valence-electron chi connectivity index (χ3n) is 4.31. The number of amides is 1. The molecule has 0 bridgehead atoms. The van der Waals surface area contributed by atoms with Crippen LogP contribution < -0.4 is 5.32 Å². The molecule has 4 atom stereocenters. The number of rotatable bonds is 6. The summed E-state index contributed by atoms with van der Waals surface area (Å²) in [4.78, 5) is 23.2. The van der Waals surface area contributed by atoms with E-state index in [0.717, 1.165) is 37.7 Å². The Morgan fingerprint density at radius 1 is 1.42 bits per heavy atom. The minimum atomic E-state index is -1.21. The van der Waals surface area contributed by atoms with Gasteiger partial charge in [-0.05, 0) is 39.0 Å². The van der Waals surface area contributed by atoms with E-state index >= 15 is 0 Å². The minimum absolute atomic E-state index is 0.200. The minimum Gasteiger partial charge on any atom is -0.465 e. The molecule has 6 heteroatoms. The fourth-order valence-electron chi connectivity index (χ4n) is 3.22. The predicted molar refractivity (Wildman–Crippen MR) is 91.9 cm³/mol. The molecule has 138 valence electrons. The molecule has 0 unspecified atom stereocenters. The zero-order valence-electron chi connectivity index (χ0n) is 15.0. The van der Waals surface area contributed by atoms with Crippen molar-refractivity contribution in [2.45, 2.75) is 77.5 Å². The number of ether oxygens (including phenoxy) is 2. The normalized spacial score (nSPS) is 28.7. The number of carbonyl (C=O) groups is 2. The second kappa shape index (κ2) is 10.3. The molecule has 0 aliphatic carbocycles. The fourth-order valence-corrected chi connectivity index (χ4v) is 3.22. The molecular formula is C18H31NO5. The van der Waals surface area contributed by atoms with Gasteiger partial charge >= 0.3 is 12.1 Å². The average Bonchev–Trinajstić information content (AvgIpc) is 2.48. The first-order valence-electron chi connectivity index (χ1n) is 8.81. The van der Waals surface area contributed by atoms with Gasteiger partial charge in [0.2, 0.25) is 0 Å². The maximum atomic E-state index is 12.3. The molecule has 1 rings (SSSR count). The van der Waals surface area contributed by atoms with E-state index in [2.05, 4.69) is 18.8 Å². The molecule has 0 saturated carbocycles. The third-order valence-corrected chi connectivity index (χ3v) is 4.31. The van der Waals surface area contributed by atoms with Crippen LogP contribution in [0.4, 0.5) is 4.79 Å². The lowest BCUT2D eigenvalue weighted by molar-refractivity contribution is -0.162. The molecule has 1 saturated heterocycles. The summed E-state index contributed by atoms with van der Waals surface area (Å²) >= 11 is 0. The van der Waals surface area contributed by atoms with Gasteiger partial charge in [-0.25, -0.2) is 9.59 Å². The van der Waals surface area contributed by atoms with Crippen LogP contribution in [-0.4, -0.2) is 42.0 Å². The highest BCUT2D eigenvalue weighted by atomic mass is 16.6. The Morgan fingerprint density at radius 2 is 2.08 bits per heavy atom. The van der Waals surface area contributed by atoms with Crippen LogP contribution in [0.2, 0.25) is 0 Å². The van der Waals surface area contributed by atoms with Gasteiger partial charge < -0.3 is 19.9 Å². The first kappa shape index (κ1) is 20.5. The molecule has 0 spiro atoms. The van der Waals surface area contributed by atoms with Crippen molar-refractivity contribution >= 4 is 12.1 Å². The zero-order valence-corrected chi connectivity index (χ0v) is 15.0. The fraction of sp³-hybridized carbons (Fsp3) is 0.778. The van der Waals surface area contributed by atoms with E-state index in [1.54, 1.807) is 0 Å². The zero-order chi connectivity index (χ0) is 18.1. The lowest BCUT2D eigenvalue weighted by Crippen LogP contribution is -2.46. The van der Waals surface area contributed by atoms with E-state index in [4.69, 9.17) is 14.6 Å². The van der Waals surface area contributed by atoms with E-state index in [9.17, 15) is 9.59 Å². The van der Waals surface area contributed by atoms with Crippen molar-refractivity contribution < 1.29 is 24.2 Å². The molecule has 1 aliphatic heterocycles. The summed E-state index contributed by atoms with van der Waals surface area (Å²) in [6.07, 6.45) is 3.39. The van der Waals surface area contributed by atoms with Gasteiger partial charge in [-0.2, -0.15) is 0 Å². The average molecular weight is 341 g/mol. The molecule has 1 amide bonds. The van der Waals surface area contributed by atoms with E-state index in [0.29, 0.717) is 18.9 Å². The van der Waals surface area contributed by atoms with Crippen molar-refractivity contribution in [3.63, 3.8) is 0 Å². The lowest BCUT2D eigenvalue weighted by atomic mass is 9.87. The standard InChI is InChI=1S/C18H31NO5/c1-5-8-14-9-6-7-10-15(19-18(21)22)17(20)24-13(4)16(14)23-11-12(2)3/h13-16,19H,2,5-11H2,1,3-4H3,(H,21,22)/t13-,14-,15-,16-/m0/s1. The molecule has 0 radical (unpaired) electrons. The van der Waals surface area contributed by atoms with Gasteiger partial charge in [0.15, 0.2) is 0 Å². The number of hydrogen-bond acceptors (Lipinski definition) is 4. The van der Waals surface area contributed by atoms with Crippen molar-refractivity contribution in [3.8, 4) is 0 Å². The molecule has 0 aromatic rings. The van der Waals surface area contributed by atoms with Crippen LogP contribution in [0.1, 0.15) is 59.3 Å². The van der Waals surface area contributed by atoms with Gasteiger partial charge in [0.05, 0.1) is 12.7 Å². The van der Waals surface area contributed by atoms with E-state index in [1.807, 2.05) is 13.8 Å². The van der Waals surface area contributed by atoms with E-state index in [-0.39, 0.29) is 6.10 Å². The quantitative estimate of drug-likeness (QED) is 0.570. The van der Waals surface area contributed by atoms with Gasteiger partial charge in [-0.1, -0.05) is 38.3 Å². The third kappa shape index (κ3) is 6.91. The Hall–Kier alpha value is -1.56. The number of cyclic esters (lactones) is 1. The van der Waals surface area contributed by atoms with Gasteiger partial charge in [0.25, 0.3) is 0 Å². The second-order valence-electron chi connectivity index (χ2n) is 6.71. The molecule has 1 heterocycles. The first-order valence-corrected chi connectivity index (χ1v) is 8.81. The lowest BCUT2D eigenvalue weighted by Gasteiger charge is -2.33. The summed E-state index contributed by atoms with van der Waals surface area (Å²) in [6, 6.07) is -0.811. The number of carbonyl (C=O) groups excluding carboxylic acids is 1. The monoisotopic (exact) mass is 341 g/mol. The summed E-state index contributed by atoms with van der Waals surface area (Å²) in [7, 11) is 0. The highest BCUT2D eigenvalue weighted by Gasteiger charge is 2.33. The summed E-state index contributed by atoms with van der Waals surface area (Å²) < 4.78 is 11.5. The van der Waals surface area contributed by atoms with E-state index in [1.165, 1.54) is 0 Å². The van der Waals surface area contributed by atoms with Crippen LogP contribution in [-0.2, 0) is 14.3 Å². The highest BCUT2D eigenvalue weighted by molar-refractivity contribution is 5.80. The molecule has 6 nitrogen and oxygen atoms in total. The van der Waals surface area contributed by atoms with Crippen LogP contribution in [0.3, 0.4) is 0 Å². The number of hydrogen-bond donors (Lipinski definition) is 2. The molecule has 1 fully saturated rings. The summed E-state index contributed by atoms with van der Waals surface area (Å²) in [5.41, 5.74) is 0.922. The summed E-state index contributed by atoms with van der Waals surface area (Å²) in [5.74, 6) is -0.202. The predicted octanol–water partition coefficient (Wildman–Crippen LogP) is 3.51. The Labute approximate surface area is 144 Å². The van der Waals surface area contributed by atoms with Crippen LogP contribution >= 0.6 is 0 Å². The maximum Gasteiger partial charge on any atom is 0.405 e. The Kier molecular flexibility index (Phi) is 8.82. The Bertz CT molecular complexity index is 437. The molecule has 2 N–H and O–H groups in total. The van der Waals surface area contributed by atoms with Crippen molar-refractivity contribution in [1.29, 1.82) is 0 Å². The molecule has 24 heavy (non-hydrogen) atoms. The molecule has 0 aromatic carbocycles. The van der Waals surface area contributed by atoms with Crippen molar-refractivity contribution in [3.05, 3.63) is 12.2 Å². The van der Waals surface area contributed by atoms with Crippen molar-refractivity contribution in [2.24, 2.45) is 5.92 Å². The van der Waals surface area contributed by atoms with Crippen LogP contribution in [0.25, 0.3) is 0 Å². The van der Waals surface area contributed by atoms with Crippen LogP contribution in [0.15, 0.2) is 12.2 Å². The number of esters is 1. The molecule has 0 aromatic heterocycles. The van der Waals surface area contributed by atoms with Gasteiger partial charge in [0.1, 0.15) is 12.1 Å². The smallest absolute Gasteiger partial charge is 0.405 e. The summed E-state index contributed by atoms with van der Waals surface area (Å²) in [6.45, 7) is 10.2. The molecular weight excluding hydrogens is 310 g/mol. The topological polar surface area (TPSA) is 84.9 Å². The Morgan fingerprint density at radius 3 is 2.67 bits per heavy atom.